The lowest BCUT2D eigenvalue weighted by Crippen LogP contribution is -2.24. The van der Waals surface area contributed by atoms with E-state index < -0.39 is 0 Å². The Morgan fingerprint density at radius 3 is 2.48 bits per heavy atom. The Hall–Kier alpha value is -2.55. The molecule has 1 amide bonds. The molecule has 0 unspecified atom stereocenters. The third-order valence-corrected chi connectivity index (χ3v) is 3.18. The number of para-hydroxylation sites is 1. The number of methoxy groups -OCH3 is 1. The highest BCUT2D eigenvalue weighted by atomic mass is 16.5. The van der Waals surface area contributed by atoms with Crippen LogP contribution >= 0.6 is 0 Å². The maximum absolute atomic E-state index is 12.1. The van der Waals surface area contributed by atoms with Gasteiger partial charge in [0.15, 0.2) is 0 Å². The Balaban J connectivity index is 2.02. The molecular formula is C18H19NO2. The monoisotopic (exact) mass is 281 g/mol. The molecule has 0 atom stereocenters. The maximum atomic E-state index is 12.1. The van der Waals surface area contributed by atoms with Crippen LogP contribution in [-0.2, 0) is 11.3 Å². The van der Waals surface area contributed by atoms with Crippen molar-refractivity contribution in [2.24, 2.45) is 0 Å². The minimum Gasteiger partial charge on any atom is -0.496 e. The highest BCUT2D eigenvalue weighted by Crippen LogP contribution is 2.18. The molecule has 0 bridgehead atoms. The van der Waals surface area contributed by atoms with E-state index in [4.69, 9.17) is 4.74 Å². The lowest BCUT2D eigenvalue weighted by Gasteiger charge is -2.15. The van der Waals surface area contributed by atoms with Crippen LogP contribution in [0.15, 0.2) is 60.7 Å². The standard InChI is InChI=1S/C18H19NO2/c1-19(14-15-8-4-3-5-9-15)18(20)13-12-16-10-6-7-11-17(16)21-2/h3-13H,14H2,1-2H3. The lowest BCUT2D eigenvalue weighted by molar-refractivity contribution is -0.125. The zero-order valence-electron chi connectivity index (χ0n) is 12.3. The van der Waals surface area contributed by atoms with E-state index in [2.05, 4.69) is 0 Å². The fourth-order valence-corrected chi connectivity index (χ4v) is 2.03. The normalized spacial score (nSPS) is 10.6. The van der Waals surface area contributed by atoms with Gasteiger partial charge in [0.2, 0.25) is 5.91 Å². The molecule has 0 aliphatic rings. The summed E-state index contributed by atoms with van der Waals surface area (Å²) in [7, 11) is 3.41. The first-order valence-electron chi connectivity index (χ1n) is 6.81. The molecule has 2 rings (SSSR count). The fraction of sp³-hybridized carbons (Fsp3) is 0.167. The summed E-state index contributed by atoms with van der Waals surface area (Å²) in [6.07, 6.45) is 3.35. The zero-order chi connectivity index (χ0) is 15.1. The first-order valence-corrected chi connectivity index (χ1v) is 6.81. The molecule has 3 heteroatoms. The second-order valence-electron chi connectivity index (χ2n) is 4.76. The molecule has 108 valence electrons. The molecule has 21 heavy (non-hydrogen) atoms. The van der Waals surface area contributed by atoms with Gasteiger partial charge in [-0.2, -0.15) is 0 Å². The summed E-state index contributed by atoms with van der Waals surface area (Å²) in [5.74, 6) is 0.719. The molecule has 3 nitrogen and oxygen atoms in total. The summed E-state index contributed by atoms with van der Waals surface area (Å²) < 4.78 is 5.26. The smallest absolute Gasteiger partial charge is 0.246 e. The van der Waals surface area contributed by atoms with Crippen LogP contribution in [0.25, 0.3) is 6.08 Å². The number of carbonyl (C=O) groups excluding carboxylic acids is 1. The molecule has 0 saturated heterocycles. The van der Waals surface area contributed by atoms with E-state index in [0.29, 0.717) is 6.54 Å². The average molecular weight is 281 g/mol. The van der Waals surface area contributed by atoms with Gasteiger partial charge in [-0.1, -0.05) is 48.5 Å². The summed E-state index contributed by atoms with van der Waals surface area (Å²) in [6, 6.07) is 17.5. The predicted octanol–water partition coefficient (Wildman–Crippen LogP) is 3.37. The molecule has 0 heterocycles. The van der Waals surface area contributed by atoms with Crippen molar-refractivity contribution in [3.8, 4) is 5.75 Å². The average Bonchev–Trinajstić information content (AvgIpc) is 2.53. The van der Waals surface area contributed by atoms with Gasteiger partial charge in [0.05, 0.1) is 7.11 Å². The first kappa shape index (κ1) is 14.9. The van der Waals surface area contributed by atoms with E-state index in [0.717, 1.165) is 16.9 Å². The van der Waals surface area contributed by atoms with Gasteiger partial charge >= 0.3 is 0 Å². The van der Waals surface area contributed by atoms with Gasteiger partial charge in [-0.3, -0.25) is 4.79 Å². The number of benzene rings is 2. The molecule has 0 aliphatic carbocycles. The summed E-state index contributed by atoms with van der Waals surface area (Å²) in [4.78, 5) is 13.8. The van der Waals surface area contributed by atoms with Crippen molar-refractivity contribution in [1.82, 2.24) is 4.90 Å². The van der Waals surface area contributed by atoms with E-state index in [1.165, 1.54) is 0 Å². The highest BCUT2D eigenvalue weighted by Gasteiger charge is 2.06. The number of rotatable bonds is 5. The van der Waals surface area contributed by atoms with Crippen molar-refractivity contribution in [2.45, 2.75) is 6.54 Å². The van der Waals surface area contributed by atoms with Crippen molar-refractivity contribution in [3.05, 3.63) is 71.8 Å². The second-order valence-corrected chi connectivity index (χ2v) is 4.76. The molecule has 0 spiro atoms. The topological polar surface area (TPSA) is 29.5 Å². The van der Waals surface area contributed by atoms with Crippen LogP contribution in [0.2, 0.25) is 0 Å². The number of carbonyl (C=O) groups is 1. The second kappa shape index (κ2) is 7.29. The van der Waals surface area contributed by atoms with Crippen molar-refractivity contribution in [1.29, 1.82) is 0 Å². The van der Waals surface area contributed by atoms with Crippen molar-refractivity contribution >= 4 is 12.0 Å². The van der Waals surface area contributed by atoms with E-state index >= 15 is 0 Å². The molecule has 0 fully saturated rings. The Morgan fingerprint density at radius 2 is 1.76 bits per heavy atom. The minimum atomic E-state index is -0.0373. The van der Waals surface area contributed by atoms with Crippen LogP contribution in [0.4, 0.5) is 0 Å². The van der Waals surface area contributed by atoms with E-state index in [1.807, 2.05) is 54.6 Å². The van der Waals surface area contributed by atoms with Crippen molar-refractivity contribution < 1.29 is 9.53 Å². The van der Waals surface area contributed by atoms with Crippen LogP contribution in [0.1, 0.15) is 11.1 Å². The van der Waals surface area contributed by atoms with Gasteiger partial charge in [-0.05, 0) is 17.7 Å². The third-order valence-electron chi connectivity index (χ3n) is 3.18. The number of hydrogen-bond donors (Lipinski definition) is 0. The van der Waals surface area contributed by atoms with E-state index in [9.17, 15) is 4.79 Å². The predicted molar refractivity (Wildman–Crippen MR) is 84.9 cm³/mol. The first-order chi connectivity index (χ1) is 10.2. The summed E-state index contributed by atoms with van der Waals surface area (Å²) in [5.41, 5.74) is 2.00. The number of amides is 1. The van der Waals surface area contributed by atoms with Gasteiger partial charge in [0.1, 0.15) is 5.75 Å². The zero-order valence-corrected chi connectivity index (χ0v) is 12.3. The maximum Gasteiger partial charge on any atom is 0.246 e. The number of hydrogen-bond acceptors (Lipinski definition) is 2. The summed E-state index contributed by atoms with van der Waals surface area (Å²) in [5, 5.41) is 0. The Morgan fingerprint density at radius 1 is 1.10 bits per heavy atom. The van der Waals surface area contributed by atoms with Gasteiger partial charge in [-0.25, -0.2) is 0 Å². The van der Waals surface area contributed by atoms with Crippen LogP contribution < -0.4 is 4.74 Å². The Labute approximate surface area is 125 Å². The molecule has 2 aromatic rings. The van der Waals surface area contributed by atoms with Crippen molar-refractivity contribution in [2.75, 3.05) is 14.2 Å². The SMILES string of the molecule is COc1ccccc1C=CC(=O)N(C)Cc1ccccc1. The third kappa shape index (κ3) is 4.21. The summed E-state index contributed by atoms with van der Waals surface area (Å²) in [6.45, 7) is 0.593. The fourth-order valence-electron chi connectivity index (χ4n) is 2.03. The molecule has 0 radical (unpaired) electrons. The van der Waals surface area contributed by atoms with Crippen LogP contribution in [0, 0.1) is 0 Å². The largest absolute Gasteiger partial charge is 0.496 e. The molecule has 0 aliphatic heterocycles. The van der Waals surface area contributed by atoms with Gasteiger partial charge in [-0.15, -0.1) is 0 Å². The van der Waals surface area contributed by atoms with E-state index in [1.54, 1.807) is 31.2 Å². The van der Waals surface area contributed by atoms with Crippen LogP contribution in [0.3, 0.4) is 0 Å². The molecule has 0 saturated carbocycles. The quantitative estimate of drug-likeness (QED) is 0.786. The van der Waals surface area contributed by atoms with Crippen LogP contribution in [-0.4, -0.2) is 25.0 Å². The lowest BCUT2D eigenvalue weighted by atomic mass is 10.2. The number of nitrogens with zero attached hydrogens (tertiary/aromatic N) is 1. The van der Waals surface area contributed by atoms with Crippen LogP contribution in [0.5, 0.6) is 5.75 Å². The number of likely N-dealkylation sites (N-methyl/N-ethyl adjacent to an activating group) is 1. The summed E-state index contributed by atoms with van der Waals surface area (Å²) >= 11 is 0. The highest BCUT2D eigenvalue weighted by molar-refractivity contribution is 5.92. The van der Waals surface area contributed by atoms with Gasteiger partial charge < -0.3 is 9.64 Å². The van der Waals surface area contributed by atoms with E-state index in [-0.39, 0.29) is 5.91 Å². The minimum absolute atomic E-state index is 0.0373. The Bertz CT molecular complexity index is 620. The van der Waals surface area contributed by atoms with Crippen molar-refractivity contribution in [3.63, 3.8) is 0 Å². The van der Waals surface area contributed by atoms with Gasteiger partial charge in [0, 0.05) is 25.2 Å². The Kier molecular flexibility index (Phi) is 5.16. The molecule has 2 aromatic carbocycles. The number of ether oxygens (including phenoxy) is 1. The van der Waals surface area contributed by atoms with Gasteiger partial charge in [0.25, 0.3) is 0 Å². The molecule has 0 aromatic heterocycles. The molecular weight excluding hydrogens is 262 g/mol. The molecule has 0 N–H and O–H groups in total.